The lowest BCUT2D eigenvalue weighted by molar-refractivity contribution is 0.0125. The molecule has 0 spiro atoms. The van der Waals surface area contributed by atoms with Gasteiger partial charge in [-0.05, 0) is 12.1 Å². The zero-order chi connectivity index (χ0) is 13.0. The van der Waals surface area contributed by atoms with Crippen LogP contribution in [0.2, 0.25) is 5.02 Å². The number of nitrogens with one attached hydrogen (secondary N) is 2. The van der Waals surface area contributed by atoms with Gasteiger partial charge in [0.2, 0.25) is 0 Å². The first kappa shape index (κ1) is 13.1. The molecular weight excluding hydrogens is 256 g/mol. The van der Waals surface area contributed by atoms with Gasteiger partial charge in [-0.15, -0.1) is 0 Å². The second kappa shape index (κ2) is 5.99. The molecule has 1 saturated heterocycles. The Bertz CT molecular complexity index is 435. The Kier molecular flexibility index (Phi) is 4.35. The van der Waals surface area contributed by atoms with Crippen molar-refractivity contribution in [1.82, 2.24) is 15.4 Å². The zero-order valence-corrected chi connectivity index (χ0v) is 10.8. The summed E-state index contributed by atoms with van der Waals surface area (Å²) in [5, 5.41) is 5.00. The number of rotatable bonds is 3. The third kappa shape index (κ3) is 3.10. The number of aromatic nitrogens is 1. The number of halogens is 1. The van der Waals surface area contributed by atoms with Crippen LogP contribution in [0, 0.1) is 0 Å². The Morgan fingerprint density at radius 3 is 2.83 bits per heavy atom. The van der Waals surface area contributed by atoms with Crippen molar-refractivity contribution in [2.45, 2.75) is 0 Å². The summed E-state index contributed by atoms with van der Waals surface area (Å²) in [5.41, 5.74) is 2.98. The molecule has 98 valence electrons. The molecule has 0 saturated carbocycles. The molecule has 0 aliphatic carbocycles. The van der Waals surface area contributed by atoms with Crippen molar-refractivity contribution >= 4 is 23.3 Å². The molecule has 0 aromatic carbocycles. The molecule has 1 aromatic rings. The summed E-state index contributed by atoms with van der Waals surface area (Å²) in [6.07, 6.45) is 0. The predicted molar refractivity (Wildman–Crippen MR) is 68.7 cm³/mol. The molecule has 18 heavy (non-hydrogen) atoms. The molecule has 1 aliphatic heterocycles. The van der Waals surface area contributed by atoms with Gasteiger partial charge >= 0.3 is 0 Å². The van der Waals surface area contributed by atoms with Crippen LogP contribution in [0.15, 0.2) is 12.1 Å². The summed E-state index contributed by atoms with van der Waals surface area (Å²) in [7, 11) is 1.74. The average Bonchev–Trinajstić information content (AvgIpc) is 2.40. The van der Waals surface area contributed by atoms with Crippen molar-refractivity contribution in [3.05, 3.63) is 22.8 Å². The van der Waals surface area contributed by atoms with Crippen LogP contribution in [0.4, 0.5) is 5.82 Å². The smallest absolute Gasteiger partial charge is 0.285 e. The number of hydrogen-bond donors (Lipinski definition) is 2. The summed E-state index contributed by atoms with van der Waals surface area (Å²) in [6, 6.07) is 3.36. The number of ether oxygens (including phenoxy) is 1. The summed E-state index contributed by atoms with van der Waals surface area (Å²) >= 11 is 5.97. The van der Waals surface area contributed by atoms with Gasteiger partial charge in [-0.2, -0.15) is 0 Å². The van der Waals surface area contributed by atoms with E-state index in [1.165, 1.54) is 0 Å². The Labute approximate surface area is 110 Å². The first-order valence-electron chi connectivity index (χ1n) is 5.68. The van der Waals surface area contributed by atoms with Crippen LogP contribution in [0.1, 0.15) is 10.5 Å². The van der Waals surface area contributed by atoms with Gasteiger partial charge in [0.15, 0.2) is 5.69 Å². The average molecular weight is 271 g/mol. The van der Waals surface area contributed by atoms with E-state index in [0.717, 1.165) is 0 Å². The standard InChI is InChI=1S/C11H15ClN4O2/c1-13-9-3-2-8(12)10(14-9)11(17)15-16-4-6-18-7-5-16/h2-3H,4-7H2,1H3,(H,13,14)(H,15,17). The number of hydrogen-bond acceptors (Lipinski definition) is 5. The van der Waals surface area contributed by atoms with Crippen LogP contribution in [0.25, 0.3) is 0 Å². The van der Waals surface area contributed by atoms with E-state index in [4.69, 9.17) is 16.3 Å². The molecule has 6 nitrogen and oxygen atoms in total. The SMILES string of the molecule is CNc1ccc(Cl)c(C(=O)NN2CCOCC2)n1. The van der Waals surface area contributed by atoms with Crippen LogP contribution < -0.4 is 10.7 Å². The van der Waals surface area contributed by atoms with E-state index in [0.29, 0.717) is 37.1 Å². The van der Waals surface area contributed by atoms with Crippen LogP contribution in [-0.4, -0.2) is 49.3 Å². The van der Waals surface area contributed by atoms with E-state index >= 15 is 0 Å². The third-order valence-electron chi connectivity index (χ3n) is 2.59. The fraction of sp³-hybridized carbons (Fsp3) is 0.455. The van der Waals surface area contributed by atoms with E-state index in [2.05, 4.69) is 15.7 Å². The minimum absolute atomic E-state index is 0.218. The van der Waals surface area contributed by atoms with Gasteiger partial charge in [0.25, 0.3) is 5.91 Å². The monoisotopic (exact) mass is 270 g/mol. The normalized spacial score (nSPS) is 16.3. The maximum absolute atomic E-state index is 12.0. The summed E-state index contributed by atoms with van der Waals surface area (Å²) in [4.78, 5) is 16.2. The Morgan fingerprint density at radius 1 is 1.44 bits per heavy atom. The molecule has 1 amide bonds. The molecule has 2 rings (SSSR count). The Balaban J connectivity index is 2.07. The van der Waals surface area contributed by atoms with E-state index in [1.807, 2.05) is 0 Å². The second-order valence-corrected chi connectivity index (χ2v) is 4.22. The van der Waals surface area contributed by atoms with E-state index in [1.54, 1.807) is 24.2 Å². The van der Waals surface area contributed by atoms with Gasteiger partial charge < -0.3 is 10.1 Å². The number of carbonyl (C=O) groups is 1. The topological polar surface area (TPSA) is 66.5 Å². The van der Waals surface area contributed by atoms with Crippen molar-refractivity contribution in [3.63, 3.8) is 0 Å². The molecule has 0 bridgehead atoms. The molecule has 1 aromatic heterocycles. The molecule has 0 radical (unpaired) electrons. The summed E-state index contributed by atoms with van der Waals surface area (Å²) in [6.45, 7) is 2.54. The van der Waals surface area contributed by atoms with E-state index in [9.17, 15) is 4.79 Å². The van der Waals surface area contributed by atoms with Crippen LogP contribution in [-0.2, 0) is 4.74 Å². The fourth-order valence-corrected chi connectivity index (χ4v) is 1.80. The number of anilines is 1. The van der Waals surface area contributed by atoms with Gasteiger partial charge in [0.05, 0.1) is 18.2 Å². The van der Waals surface area contributed by atoms with Gasteiger partial charge in [-0.25, -0.2) is 9.99 Å². The van der Waals surface area contributed by atoms with Gasteiger partial charge in [0, 0.05) is 20.1 Å². The molecule has 1 fully saturated rings. The number of pyridine rings is 1. The minimum atomic E-state index is -0.306. The zero-order valence-electron chi connectivity index (χ0n) is 10.1. The number of nitrogens with zero attached hydrogens (tertiary/aromatic N) is 2. The van der Waals surface area contributed by atoms with Crippen molar-refractivity contribution in [3.8, 4) is 0 Å². The highest BCUT2D eigenvalue weighted by molar-refractivity contribution is 6.33. The molecule has 0 unspecified atom stereocenters. The van der Waals surface area contributed by atoms with Gasteiger partial charge in [-0.3, -0.25) is 10.2 Å². The van der Waals surface area contributed by atoms with Gasteiger partial charge in [0.1, 0.15) is 5.82 Å². The lowest BCUT2D eigenvalue weighted by Gasteiger charge is -2.26. The first-order valence-corrected chi connectivity index (χ1v) is 6.06. The summed E-state index contributed by atoms with van der Waals surface area (Å²) < 4.78 is 5.20. The predicted octanol–water partition coefficient (Wildman–Crippen LogP) is 0.754. The van der Waals surface area contributed by atoms with Crippen molar-refractivity contribution in [2.75, 3.05) is 38.7 Å². The highest BCUT2D eigenvalue weighted by Crippen LogP contribution is 2.16. The molecule has 1 aliphatic rings. The largest absolute Gasteiger partial charge is 0.379 e. The molecule has 7 heteroatoms. The van der Waals surface area contributed by atoms with E-state index in [-0.39, 0.29) is 11.6 Å². The lowest BCUT2D eigenvalue weighted by Crippen LogP contribution is -2.48. The highest BCUT2D eigenvalue weighted by Gasteiger charge is 2.17. The Morgan fingerprint density at radius 2 is 2.17 bits per heavy atom. The van der Waals surface area contributed by atoms with Gasteiger partial charge in [-0.1, -0.05) is 11.6 Å². The van der Waals surface area contributed by atoms with Crippen LogP contribution in [0.5, 0.6) is 0 Å². The maximum Gasteiger partial charge on any atom is 0.285 e. The van der Waals surface area contributed by atoms with E-state index < -0.39 is 0 Å². The fourth-order valence-electron chi connectivity index (χ4n) is 1.61. The molecule has 2 heterocycles. The molecule has 2 N–H and O–H groups in total. The molecular formula is C11H15ClN4O2. The van der Waals surface area contributed by atoms with Crippen LogP contribution in [0.3, 0.4) is 0 Å². The number of amides is 1. The summed E-state index contributed by atoms with van der Waals surface area (Å²) in [5.74, 6) is 0.297. The number of morpholine rings is 1. The first-order chi connectivity index (χ1) is 8.70. The second-order valence-electron chi connectivity index (χ2n) is 3.82. The number of carbonyl (C=O) groups excluding carboxylic acids is 1. The highest BCUT2D eigenvalue weighted by atomic mass is 35.5. The quantitative estimate of drug-likeness (QED) is 0.849. The van der Waals surface area contributed by atoms with Crippen LogP contribution >= 0.6 is 11.6 Å². The third-order valence-corrected chi connectivity index (χ3v) is 2.89. The Hall–Kier alpha value is -1.37. The lowest BCUT2D eigenvalue weighted by atomic mass is 10.3. The number of hydrazine groups is 1. The van der Waals surface area contributed by atoms with Crippen molar-refractivity contribution < 1.29 is 9.53 Å². The maximum atomic E-state index is 12.0. The van der Waals surface area contributed by atoms with Crippen molar-refractivity contribution in [1.29, 1.82) is 0 Å². The molecule has 0 atom stereocenters. The van der Waals surface area contributed by atoms with Crippen molar-refractivity contribution in [2.24, 2.45) is 0 Å². The minimum Gasteiger partial charge on any atom is -0.379 e.